The van der Waals surface area contributed by atoms with E-state index in [2.05, 4.69) is 10.5 Å². The molecule has 0 bridgehead atoms. The van der Waals surface area contributed by atoms with Gasteiger partial charge in [-0.05, 0) is 31.5 Å². The largest absolute Gasteiger partial charge is 0.462 e. The summed E-state index contributed by atoms with van der Waals surface area (Å²) < 4.78 is 4.88. The van der Waals surface area contributed by atoms with Crippen molar-refractivity contribution < 1.29 is 9.53 Å². The highest BCUT2D eigenvalue weighted by molar-refractivity contribution is 6.10. The Labute approximate surface area is 110 Å². The zero-order valence-corrected chi connectivity index (χ0v) is 10.6. The number of hydrogen-bond acceptors (Lipinski definition) is 6. The summed E-state index contributed by atoms with van der Waals surface area (Å²) in [6.45, 7) is 3.83. The van der Waals surface area contributed by atoms with Gasteiger partial charge in [-0.2, -0.15) is 15.6 Å². The number of rotatable bonds is 4. The van der Waals surface area contributed by atoms with E-state index in [0.29, 0.717) is 17.9 Å². The van der Waals surface area contributed by atoms with E-state index in [1.165, 1.54) is 0 Å². The number of nitrogens with zero attached hydrogens (tertiary/aromatic N) is 3. The smallest absolute Gasteiger partial charge is 0.338 e. The highest BCUT2D eigenvalue weighted by Crippen LogP contribution is 2.17. The number of esters is 1. The van der Waals surface area contributed by atoms with Crippen molar-refractivity contribution in [3.8, 4) is 12.1 Å². The molecule has 0 saturated carbocycles. The fraction of sp³-hybridized carbons (Fsp3) is 0.231. The summed E-state index contributed by atoms with van der Waals surface area (Å²) in [4.78, 5) is 11.6. The molecule has 0 spiro atoms. The minimum Gasteiger partial charge on any atom is -0.462 e. The molecule has 0 aliphatic heterocycles. The first-order valence-electron chi connectivity index (χ1n) is 5.54. The predicted octanol–water partition coefficient (Wildman–Crippen LogP) is 1.99. The quantitative estimate of drug-likeness (QED) is 0.504. The Hall–Kier alpha value is -2.86. The van der Waals surface area contributed by atoms with Crippen molar-refractivity contribution >= 4 is 17.4 Å². The number of benzene rings is 1. The Morgan fingerprint density at radius 3 is 2.68 bits per heavy atom. The topological polar surface area (TPSA) is 98.3 Å². The maximum Gasteiger partial charge on any atom is 0.338 e. The summed E-state index contributed by atoms with van der Waals surface area (Å²) in [5.41, 5.74) is 4.03. The van der Waals surface area contributed by atoms with Crippen molar-refractivity contribution in [2.75, 3.05) is 12.0 Å². The van der Waals surface area contributed by atoms with Gasteiger partial charge in [-0.3, -0.25) is 5.43 Å². The van der Waals surface area contributed by atoms with Gasteiger partial charge in [-0.1, -0.05) is 6.07 Å². The number of nitrogens with one attached hydrogen (secondary N) is 1. The van der Waals surface area contributed by atoms with Gasteiger partial charge < -0.3 is 4.74 Å². The van der Waals surface area contributed by atoms with Crippen molar-refractivity contribution in [2.24, 2.45) is 5.10 Å². The molecule has 1 aromatic carbocycles. The summed E-state index contributed by atoms with van der Waals surface area (Å²) in [5.74, 6) is -0.435. The van der Waals surface area contributed by atoms with Crippen LogP contribution < -0.4 is 5.43 Å². The molecular formula is C13H12N4O2. The summed E-state index contributed by atoms with van der Waals surface area (Å²) in [6, 6.07) is 8.19. The first-order chi connectivity index (χ1) is 9.12. The Bertz CT molecular complexity index is 578. The van der Waals surface area contributed by atoms with E-state index in [1.54, 1.807) is 37.3 Å². The van der Waals surface area contributed by atoms with E-state index in [-0.39, 0.29) is 5.71 Å². The van der Waals surface area contributed by atoms with Crippen LogP contribution in [0.2, 0.25) is 0 Å². The standard InChI is InChI=1S/C13H12N4O2/c1-3-19-13(18)10-5-4-9(2)12(6-10)17-16-11(7-14)8-15/h4-6,17H,3H2,1-2H3. The lowest BCUT2D eigenvalue weighted by atomic mass is 10.1. The number of ether oxygens (including phenoxy) is 1. The van der Waals surface area contributed by atoms with Crippen LogP contribution in [-0.2, 0) is 4.74 Å². The van der Waals surface area contributed by atoms with Crippen LogP contribution in [0.4, 0.5) is 5.69 Å². The second-order valence-electron chi connectivity index (χ2n) is 3.55. The van der Waals surface area contributed by atoms with Crippen LogP contribution in [0, 0.1) is 29.6 Å². The number of aryl methyl sites for hydroxylation is 1. The van der Waals surface area contributed by atoms with E-state index in [1.807, 2.05) is 6.92 Å². The number of hydrazone groups is 1. The number of carbonyl (C=O) groups is 1. The van der Waals surface area contributed by atoms with E-state index >= 15 is 0 Å². The maximum absolute atomic E-state index is 11.6. The lowest BCUT2D eigenvalue weighted by Gasteiger charge is -2.07. The third-order valence-electron chi connectivity index (χ3n) is 2.25. The van der Waals surface area contributed by atoms with Gasteiger partial charge in [0.25, 0.3) is 0 Å². The lowest BCUT2D eigenvalue weighted by Crippen LogP contribution is -2.06. The van der Waals surface area contributed by atoms with E-state index < -0.39 is 5.97 Å². The Morgan fingerprint density at radius 2 is 2.11 bits per heavy atom. The van der Waals surface area contributed by atoms with Crippen LogP contribution >= 0.6 is 0 Å². The first-order valence-corrected chi connectivity index (χ1v) is 5.54. The number of hydrogen-bond donors (Lipinski definition) is 1. The molecule has 96 valence electrons. The van der Waals surface area contributed by atoms with Crippen molar-refractivity contribution in [1.29, 1.82) is 10.5 Å². The summed E-state index contributed by atoms with van der Waals surface area (Å²) >= 11 is 0. The molecule has 0 radical (unpaired) electrons. The zero-order valence-electron chi connectivity index (χ0n) is 10.6. The lowest BCUT2D eigenvalue weighted by molar-refractivity contribution is 0.0526. The van der Waals surface area contributed by atoms with E-state index in [9.17, 15) is 4.79 Å². The molecule has 0 fully saturated rings. The average Bonchev–Trinajstić information content (AvgIpc) is 2.42. The van der Waals surface area contributed by atoms with Gasteiger partial charge >= 0.3 is 5.97 Å². The molecule has 6 nitrogen and oxygen atoms in total. The molecule has 0 aromatic heterocycles. The summed E-state index contributed by atoms with van der Waals surface area (Å²) in [5, 5.41) is 20.8. The Morgan fingerprint density at radius 1 is 1.42 bits per heavy atom. The second-order valence-corrected chi connectivity index (χ2v) is 3.55. The summed E-state index contributed by atoms with van der Waals surface area (Å²) in [7, 11) is 0. The fourth-order valence-electron chi connectivity index (χ4n) is 1.27. The minimum atomic E-state index is -0.435. The Balaban J connectivity index is 2.99. The Kier molecular flexibility index (Phi) is 5.06. The minimum absolute atomic E-state index is 0.291. The predicted molar refractivity (Wildman–Crippen MR) is 69.4 cm³/mol. The van der Waals surface area contributed by atoms with Gasteiger partial charge in [0.2, 0.25) is 5.71 Å². The maximum atomic E-state index is 11.6. The summed E-state index contributed by atoms with van der Waals surface area (Å²) in [6.07, 6.45) is 0. The van der Waals surface area contributed by atoms with Crippen LogP contribution in [0.15, 0.2) is 23.3 Å². The fourth-order valence-corrected chi connectivity index (χ4v) is 1.27. The van der Waals surface area contributed by atoms with Crippen LogP contribution in [0.1, 0.15) is 22.8 Å². The van der Waals surface area contributed by atoms with Crippen LogP contribution in [0.3, 0.4) is 0 Å². The van der Waals surface area contributed by atoms with Gasteiger partial charge in [-0.25, -0.2) is 4.79 Å². The van der Waals surface area contributed by atoms with Gasteiger partial charge in [0.05, 0.1) is 17.9 Å². The molecule has 6 heteroatoms. The molecule has 0 unspecified atom stereocenters. The molecule has 0 amide bonds. The molecule has 1 N–H and O–H groups in total. The molecule has 0 saturated heterocycles. The number of nitriles is 2. The normalized spacial score (nSPS) is 8.84. The third kappa shape index (κ3) is 3.83. The second kappa shape index (κ2) is 6.77. The number of carbonyl (C=O) groups excluding carboxylic acids is 1. The van der Waals surface area contributed by atoms with Gasteiger partial charge in [0, 0.05) is 0 Å². The average molecular weight is 256 g/mol. The van der Waals surface area contributed by atoms with Crippen molar-refractivity contribution in [1.82, 2.24) is 0 Å². The highest BCUT2D eigenvalue weighted by atomic mass is 16.5. The molecule has 1 aromatic rings. The zero-order chi connectivity index (χ0) is 14.3. The molecule has 0 aliphatic rings. The van der Waals surface area contributed by atoms with Crippen LogP contribution in [0.25, 0.3) is 0 Å². The van der Waals surface area contributed by atoms with Gasteiger partial charge in [0.15, 0.2) is 0 Å². The number of anilines is 1. The molecule has 0 heterocycles. The SMILES string of the molecule is CCOC(=O)c1ccc(C)c(NN=C(C#N)C#N)c1. The molecular weight excluding hydrogens is 244 g/mol. The molecule has 0 atom stereocenters. The van der Waals surface area contributed by atoms with Crippen molar-refractivity contribution in [3.63, 3.8) is 0 Å². The monoisotopic (exact) mass is 256 g/mol. The van der Waals surface area contributed by atoms with Gasteiger partial charge in [-0.15, -0.1) is 0 Å². The molecule has 19 heavy (non-hydrogen) atoms. The van der Waals surface area contributed by atoms with E-state index in [4.69, 9.17) is 15.3 Å². The van der Waals surface area contributed by atoms with Crippen LogP contribution in [0.5, 0.6) is 0 Å². The molecule has 1 rings (SSSR count). The van der Waals surface area contributed by atoms with Crippen molar-refractivity contribution in [3.05, 3.63) is 29.3 Å². The van der Waals surface area contributed by atoms with Crippen molar-refractivity contribution in [2.45, 2.75) is 13.8 Å². The highest BCUT2D eigenvalue weighted by Gasteiger charge is 2.08. The van der Waals surface area contributed by atoms with Crippen LogP contribution in [-0.4, -0.2) is 18.3 Å². The van der Waals surface area contributed by atoms with E-state index in [0.717, 1.165) is 5.56 Å². The first kappa shape index (κ1) is 14.2. The van der Waals surface area contributed by atoms with Gasteiger partial charge in [0.1, 0.15) is 12.1 Å². The third-order valence-corrected chi connectivity index (χ3v) is 2.25. The molecule has 0 aliphatic carbocycles.